The Bertz CT molecular complexity index is 78.4. The van der Waals surface area contributed by atoms with Crippen LogP contribution < -0.4 is 0 Å². The molecule has 0 amide bonds. The second-order valence-electron chi connectivity index (χ2n) is 2.25. The molecule has 3 heteroatoms. The zero-order valence-electron chi connectivity index (χ0n) is 5.79. The van der Waals surface area contributed by atoms with E-state index in [1.165, 1.54) is 11.5 Å². The van der Waals surface area contributed by atoms with Gasteiger partial charge < -0.3 is 0 Å². The van der Waals surface area contributed by atoms with Crippen LogP contribution in [0, 0.1) is 5.92 Å². The van der Waals surface area contributed by atoms with Gasteiger partial charge in [0.05, 0.1) is 9.67 Å². The van der Waals surface area contributed by atoms with Crippen molar-refractivity contribution in [1.82, 2.24) is 0 Å². The summed E-state index contributed by atoms with van der Waals surface area (Å²) in [6.45, 7) is 4.62. The second-order valence-corrected chi connectivity index (χ2v) is 6.56. The van der Waals surface area contributed by atoms with Gasteiger partial charge in [0.2, 0.25) is 0 Å². The third-order valence-electron chi connectivity index (χ3n) is 1.55. The van der Waals surface area contributed by atoms with Gasteiger partial charge in [0.25, 0.3) is 0 Å². The minimum atomic E-state index is 0.875. The average molecular weight is 180 g/mol. The summed E-state index contributed by atoms with van der Waals surface area (Å²) in [6, 6.07) is 0. The maximum atomic E-state index is 2.34. The van der Waals surface area contributed by atoms with Crippen molar-refractivity contribution < 1.29 is 0 Å². The first-order valence-electron chi connectivity index (χ1n) is 3.24. The van der Waals surface area contributed by atoms with Crippen LogP contribution in [-0.4, -0.2) is 9.67 Å². The van der Waals surface area contributed by atoms with Gasteiger partial charge in [-0.2, -0.15) is 0 Å². The van der Waals surface area contributed by atoms with Crippen LogP contribution in [0.4, 0.5) is 0 Å². The van der Waals surface area contributed by atoms with Crippen molar-refractivity contribution in [3.05, 3.63) is 0 Å². The molecule has 1 aliphatic heterocycles. The van der Waals surface area contributed by atoms with E-state index >= 15 is 0 Å². The first-order chi connectivity index (χ1) is 4.34. The summed E-state index contributed by atoms with van der Waals surface area (Å²) in [6.07, 6.45) is 1.32. The van der Waals surface area contributed by atoms with Gasteiger partial charge in [0, 0.05) is 0 Å². The van der Waals surface area contributed by atoms with Crippen LogP contribution in [0.15, 0.2) is 0 Å². The van der Waals surface area contributed by atoms with Crippen LogP contribution in [0.1, 0.15) is 20.3 Å². The monoisotopic (exact) mass is 180 g/mol. The molecule has 0 saturated carbocycles. The number of rotatable bonds is 2. The lowest BCUT2D eigenvalue weighted by atomic mass is 10.2. The van der Waals surface area contributed by atoms with E-state index in [2.05, 4.69) is 36.4 Å². The van der Waals surface area contributed by atoms with Crippen LogP contribution in [0.5, 0.6) is 0 Å². The Balaban J connectivity index is 2.24. The van der Waals surface area contributed by atoms with Gasteiger partial charge in [-0.25, -0.2) is 0 Å². The van der Waals surface area contributed by atoms with Crippen molar-refractivity contribution in [2.24, 2.45) is 5.92 Å². The van der Waals surface area contributed by atoms with E-state index < -0.39 is 0 Å². The van der Waals surface area contributed by atoms with Crippen LogP contribution >= 0.6 is 33.3 Å². The molecule has 1 rings (SSSR count). The summed E-state index contributed by atoms with van der Waals surface area (Å²) >= 11 is 2.10. The zero-order valence-corrected chi connectivity index (χ0v) is 8.24. The molecule has 0 bridgehead atoms. The van der Waals surface area contributed by atoms with E-state index in [9.17, 15) is 0 Å². The molecule has 1 saturated heterocycles. The molecule has 9 heavy (non-hydrogen) atoms. The minimum Gasteiger partial charge on any atom is -0.135 e. The summed E-state index contributed by atoms with van der Waals surface area (Å²) in [5.41, 5.74) is 0. The first kappa shape index (κ1) is 8.15. The molecule has 1 fully saturated rings. The summed E-state index contributed by atoms with van der Waals surface area (Å²) < 4.78 is 0.875. The number of hydrogen-bond donors (Lipinski definition) is 0. The van der Waals surface area contributed by atoms with Gasteiger partial charge in [-0.05, 0) is 5.92 Å². The molecule has 0 aromatic rings. The third-order valence-corrected chi connectivity index (χ3v) is 7.02. The fourth-order valence-electron chi connectivity index (χ4n) is 0.669. The predicted molar refractivity (Wildman–Crippen MR) is 50.9 cm³/mol. The van der Waals surface area contributed by atoms with Crippen LogP contribution in [0.2, 0.25) is 0 Å². The molecule has 0 aliphatic carbocycles. The highest BCUT2D eigenvalue weighted by molar-refractivity contribution is 8.82. The highest BCUT2D eigenvalue weighted by atomic mass is 33.1. The lowest BCUT2D eigenvalue weighted by Crippen LogP contribution is -2.04. The molecule has 1 heterocycles. The van der Waals surface area contributed by atoms with E-state index in [-0.39, 0.29) is 0 Å². The number of thioether (sulfide) groups is 1. The van der Waals surface area contributed by atoms with Crippen molar-refractivity contribution in [2.45, 2.75) is 24.9 Å². The quantitative estimate of drug-likeness (QED) is 0.597. The first-order valence-corrected chi connectivity index (χ1v) is 6.67. The van der Waals surface area contributed by atoms with Gasteiger partial charge in [-0.1, -0.05) is 41.9 Å². The SMILES string of the molecule is CCC(C)C1SCSS1. The predicted octanol–water partition coefficient (Wildman–Crippen LogP) is 3.44. The standard InChI is InChI=1S/C6H12S3/c1-3-5(2)6-7-4-8-9-6/h5-6H,3-4H2,1-2H3. The summed E-state index contributed by atoms with van der Waals surface area (Å²) in [4.78, 5) is 0. The van der Waals surface area contributed by atoms with Gasteiger partial charge in [-0.15, -0.1) is 11.8 Å². The summed E-state index contributed by atoms with van der Waals surface area (Å²) in [5.74, 6) is 0.898. The molecule has 0 N–H and O–H groups in total. The fraction of sp³-hybridized carbons (Fsp3) is 1.00. The average Bonchev–Trinajstić information content (AvgIpc) is 2.37. The van der Waals surface area contributed by atoms with Crippen LogP contribution in [0.25, 0.3) is 0 Å². The van der Waals surface area contributed by atoms with Gasteiger partial charge in [0.1, 0.15) is 0 Å². The van der Waals surface area contributed by atoms with Crippen molar-refractivity contribution >= 4 is 33.3 Å². The Hall–Kier alpha value is 1.05. The lowest BCUT2D eigenvalue weighted by molar-refractivity contribution is 0.617. The minimum absolute atomic E-state index is 0.875. The highest BCUT2D eigenvalue weighted by Gasteiger charge is 2.21. The van der Waals surface area contributed by atoms with Crippen molar-refractivity contribution in [1.29, 1.82) is 0 Å². The topological polar surface area (TPSA) is 0 Å². The Morgan fingerprint density at radius 2 is 2.44 bits per heavy atom. The van der Waals surface area contributed by atoms with E-state index in [4.69, 9.17) is 0 Å². The molecule has 0 radical (unpaired) electrons. The van der Waals surface area contributed by atoms with Gasteiger partial charge in [0.15, 0.2) is 0 Å². The molecular formula is C6H12S3. The molecular weight excluding hydrogens is 168 g/mol. The molecule has 0 nitrogen and oxygen atoms in total. The lowest BCUT2D eigenvalue weighted by Gasteiger charge is -2.12. The molecule has 1 aliphatic rings. The largest absolute Gasteiger partial charge is 0.135 e. The maximum Gasteiger partial charge on any atom is 0.0640 e. The highest BCUT2D eigenvalue weighted by Crippen LogP contribution is 2.48. The third kappa shape index (κ3) is 2.28. The van der Waals surface area contributed by atoms with E-state index in [0.717, 1.165) is 10.5 Å². The van der Waals surface area contributed by atoms with Crippen molar-refractivity contribution in [3.8, 4) is 0 Å². The van der Waals surface area contributed by atoms with E-state index in [1.807, 2.05) is 10.8 Å². The van der Waals surface area contributed by atoms with Gasteiger partial charge >= 0.3 is 0 Å². The Morgan fingerprint density at radius 3 is 2.89 bits per heavy atom. The second kappa shape index (κ2) is 4.04. The molecule has 2 unspecified atom stereocenters. The Kier molecular flexibility index (Phi) is 3.66. The number of hydrogen-bond acceptors (Lipinski definition) is 3. The molecule has 0 aromatic heterocycles. The molecule has 0 aromatic carbocycles. The fourth-order valence-corrected chi connectivity index (χ4v) is 6.38. The molecule has 2 atom stereocenters. The normalized spacial score (nSPS) is 30.7. The van der Waals surface area contributed by atoms with E-state index in [0.29, 0.717) is 0 Å². The van der Waals surface area contributed by atoms with Crippen LogP contribution in [0.3, 0.4) is 0 Å². The molecule has 54 valence electrons. The van der Waals surface area contributed by atoms with E-state index in [1.54, 1.807) is 0 Å². The summed E-state index contributed by atoms with van der Waals surface area (Å²) in [7, 11) is 4.06. The Morgan fingerprint density at radius 1 is 1.67 bits per heavy atom. The zero-order chi connectivity index (χ0) is 6.69. The van der Waals surface area contributed by atoms with Crippen molar-refractivity contribution in [2.75, 3.05) is 5.08 Å². The molecule has 0 spiro atoms. The maximum absolute atomic E-state index is 2.34. The van der Waals surface area contributed by atoms with Crippen molar-refractivity contribution in [3.63, 3.8) is 0 Å². The summed E-state index contributed by atoms with van der Waals surface area (Å²) in [5, 5.41) is 1.29. The van der Waals surface area contributed by atoms with Crippen LogP contribution in [-0.2, 0) is 0 Å². The Labute approximate surface area is 69.3 Å². The van der Waals surface area contributed by atoms with Gasteiger partial charge in [-0.3, -0.25) is 0 Å². The smallest absolute Gasteiger partial charge is 0.0640 e.